The molecule has 0 heterocycles. The van der Waals surface area contributed by atoms with Crippen LogP contribution >= 0.6 is 0 Å². The molecule has 1 saturated carbocycles. The van der Waals surface area contributed by atoms with Gasteiger partial charge in [-0.2, -0.15) is 0 Å². The average molecular weight is 308 g/mol. The zero-order valence-electron chi connectivity index (χ0n) is 13.4. The predicted octanol–water partition coefficient (Wildman–Crippen LogP) is 3.97. The Balaban J connectivity index is 1.98. The second-order valence-electron chi connectivity index (χ2n) is 6.29. The van der Waals surface area contributed by atoms with Crippen molar-refractivity contribution >= 4 is 10.8 Å². The SMILES string of the molecule is CCCNC(CS(=O)CC1CCCC1)c1ccccc1C. The maximum absolute atomic E-state index is 12.5. The molecule has 0 bridgehead atoms. The Morgan fingerprint density at radius 3 is 2.67 bits per heavy atom. The number of rotatable bonds is 8. The van der Waals surface area contributed by atoms with E-state index >= 15 is 0 Å². The molecule has 0 radical (unpaired) electrons. The topological polar surface area (TPSA) is 29.1 Å². The molecule has 1 fully saturated rings. The Morgan fingerprint density at radius 1 is 1.29 bits per heavy atom. The Bertz CT molecular complexity index is 454. The van der Waals surface area contributed by atoms with Gasteiger partial charge in [0.2, 0.25) is 0 Å². The first-order valence-electron chi connectivity index (χ1n) is 8.34. The standard InChI is InChI=1S/C18H29NOS/c1-3-12-19-18(17-11-7-4-8-15(17)2)14-21(20)13-16-9-5-6-10-16/h4,7-8,11,16,18-19H,3,5-6,9-10,12-14H2,1-2H3. The molecule has 1 aliphatic carbocycles. The fraction of sp³-hybridized carbons (Fsp3) is 0.667. The third-order valence-corrected chi connectivity index (χ3v) is 6.00. The first-order valence-corrected chi connectivity index (χ1v) is 9.83. The minimum absolute atomic E-state index is 0.230. The van der Waals surface area contributed by atoms with Gasteiger partial charge in [0, 0.05) is 28.3 Å². The van der Waals surface area contributed by atoms with Gasteiger partial charge in [0.05, 0.1) is 0 Å². The predicted molar refractivity (Wildman–Crippen MR) is 92.0 cm³/mol. The summed E-state index contributed by atoms with van der Waals surface area (Å²) in [6, 6.07) is 8.72. The highest BCUT2D eigenvalue weighted by Crippen LogP contribution is 2.26. The van der Waals surface area contributed by atoms with E-state index < -0.39 is 10.8 Å². The van der Waals surface area contributed by atoms with Crippen LogP contribution < -0.4 is 5.32 Å². The normalized spacial score (nSPS) is 18.8. The van der Waals surface area contributed by atoms with Crippen LogP contribution in [0.15, 0.2) is 24.3 Å². The lowest BCUT2D eigenvalue weighted by Gasteiger charge is -2.21. The number of hydrogen-bond acceptors (Lipinski definition) is 2. The Morgan fingerprint density at radius 2 is 2.00 bits per heavy atom. The van der Waals surface area contributed by atoms with Crippen LogP contribution in [0.25, 0.3) is 0 Å². The molecular formula is C18H29NOS. The van der Waals surface area contributed by atoms with Crippen molar-refractivity contribution in [2.24, 2.45) is 5.92 Å². The van der Waals surface area contributed by atoms with Crippen LogP contribution in [0, 0.1) is 12.8 Å². The van der Waals surface area contributed by atoms with E-state index in [4.69, 9.17) is 0 Å². The lowest BCUT2D eigenvalue weighted by Crippen LogP contribution is -2.29. The molecule has 1 N–H and O–H groups in total. The summed E-state index contributed by atoms with van der Waals surface area (Å²) < 4.78 is 12.5. The smallest absolute Gasteiger partial charge is 0.0439 e. The number of benzene rings is 1. The Labute approximate surface area is 132 Å². The van der Waals surface area contributed by atoms with Gasteiger partial charge in [-0.15, -0.1) is 0 Å². The molecule has 0 aromatic heterocycles. The van der Waals surface area contributed by atoms with Crippen LogP contribution in [0.5, 0.6) is 0 Å². The molecule has 21 heavy (non-hydrogen) atoms. The summed E-state index contributed by atoms with van der Waals surface area (Å²) in [6.07, 6.45) is 6.33. The van der Waals surface area contributed by atoms with Crippen molar-refractivity contribution in [1.82, 2.24) is 5.32 Å². The molecule has 2 rings (SSSR count). The summed E-state index contributed by atoms with van der Waals surface area (Å²) >= 11 is 0. The van der Waals surface area contributed by atoms with E-state index in [1.165, 1.54) is 36.8 Å². The second kappa shape index (κ2) is 8.70. The summed E-state index contributed by atoms with van der Waals surface area (Å²) in [5, 5.41) is 3.59. The third kappa shape index (κ3) is 5.23. The molecule has 2 unspecified atom stereocenters. The molecule has 2 atom stereocenters. The quantitative estimate of drug-likeness (QED) is 0.787. The molecule has 1 aliphatic rings. The van der Waals surface area contributed by atoms with Gasteiger partial charge in [-0.3, -0.25) is 4.21 Å². The van der Waals surface area contributed by atoms with Crippen LogP contribution in [0.3, 0.4) is 0 Å². The van der Waals surface area contributed by atoms with E-state index in [1.54, 1.807) is 0 Å². The van der Waals surface area contributed by atoms with Gasteiger partial charge in [-0.1, -0.05) is 44.0 Å². The zero-order chi connectivity index (χ0) is 15.1. The molecule has 0 saturated heterocycles. The number of aryl methyl sites for hydroxylation is 1. The largest absolute Gasteiger partial charge is 0.309 e. The van der Waals surface area contributed by atoms with Crippen LogP contribution in [0.4, 0.5) is 0 Å². The van der Waals surface area contributed by atoms with E-state index in [9.17, 15) is 4.21 Å². The highest BCUT2D eigenvalue weighted by atomic mass is 32.2. The zero-order valence-corrected chi connectivity index (χ0v) is 14.3. The Kier molecular flexibility index (Phi) is 6.91. The van der Waals surface area contributed by atoms with E-state index in [0.717, 1.165) is 24.5 Å². The van der Waals surface area contributed by atoms with Crippen molar-refractivity contribution < 1.29 is 4.21 Å². The third-order valence-electron chi connectivity index (χ3n) is 4.45. The number of nitrogens with one attached hydrogen (secondary N) is 1. The van der Waals surface area contributed by atoms with Gasteiger partial charge in [-0.25, -0.2) is 0 Å². The van der Waals surface area contributed by atoms with Gasteiger partial charge < -0.3 is 5.32 Å². The second-order valence-corrected chi connectivity index (χ2v) is 7.83. The van der Waals surface area contributed by atoms with Gasteiger partial charge >= 0.3 is 0 Å². The fourth-order valence-corrected chi connectivity index (χ4v) is 4.91. The van der Waals surface area contributed by atoms with Crippen LogP contribution in [-0.2, 0) is 10.8 Å². The van der Waals surface area contributed by atoms with Gasteiger partial charge in [0.25, 0.3) is 0 Å². The molecule has 0 spiro atoms. The summed E-state index contributed by atoms with van der Waals surface area (Å²) in [5.74, 6) is 2.35. The monoisotopic (exact) mass is 307 g/mol. The molecule has 3 heteroatoms. The molecule has 2 nitrogen and oxygen atoms in total. The van der Waals surface area contributed by atoms with E-state index in [-0.39, 0.29) is 6.04 Å². The average Bonchev–Trinajstić information content (AvgIpc) is 2.97. The molecule has 1 aromatic carbocycles. The maximum Gasteiger partial charge on any atom is 0.0439 e. The van der Waals surface area contributed by atoms with Crippen molar-refractivity contribution in [1.29, 1.82) is 0 Å². The summed E-state index contributed by atoms with van der Waals surface area (Å²) in [6.45, 7) is 5.31. The van der Waals surface area contributed by atoms with Crippen molar-refractivity contribution in [2.45, 2.75) is 52.0 Å². The molecule has 118 valence electrons. The van der Waals surface area contributed by atoms with Crippen LogP contribution in [0.2, 0.25) is 0 Å². The van der Waals surface area contributed by atoms with Gasteiger partial charge in [-0.05, 0) is 49.8 Å². The fourth-order valence-electron chi connectivity index (χ4n) is 3.25. The molecule has 0 amide bonds. The first-order chi connectivity index (χ1) is 10.2. The van der Waals surface area contributed by atoms with Gasteiger partial charge in [0.15, 0.2) is 0 Å². The van der Waals surface area contributed by atoms with Crippen LogP contribution in [-0.4, -0.2) is 22.3 Å². The molecular weight excluding hydrogens is 278 g/mol. The molecule has 1 aromatic rings. The van der Waals surface area contributed by atoms with E-state index in [2.05, 4.69) is 43.4 Å². The minimum atomic E-state index is -0.715. The maximum atomic E-state index is 12.5. The highest BCUT2D eigenvalue weighted by molar-refractivity contribution is 7.85. The summed E-state index contributed by atoms with van der Waals surface area (Å²) in [4.78, 5) is 0. The lowest BCUT2D eigenvalue weighted by molar-refractivity contribution is 0.560. The highest BCUT2D eigenvalue weighted by Gasteiger charge is 2.21. The Hall–Kier alpha value is -0.670. The van der Waals surface area contributed by atoms with Gasteiger partial charge in [0.1, 0.15) is 0 Å². The lowest BCUT2D eigenvalue weighted by atomic mass is 10.0. The van der Waals surface area contributed by atoms with Crippen molar-refractivity contribution in [3.63, 3.8) is 0 Å². The summed E-state index contributed by atoms with van der Waals surface area (Å²) in [7, 11) is -0.715. The van der Waals surface area contributed by atoms with Crippen molar-refractivity contribution in [2.75, 3.05) is 18.1 Å². The first kappa shape index (κ1) is 16.7. The minimum Gasteiger partial charge on any atom is -0.309 e. The van der Waals surface area contributed by atoms with E-state index in [0.29, 0.717) is 5.92 Å². The summed E-state index contributed by atoms with van der Waals surface area (Å²) in [5.41, 5.74) is 2.61. The number of hydrogen-bond donors (Lipinski definition) is 1. The van der Waals surface area contributed by atoms with Crippen molar-refractivity contribution in [3.8, 4) is 0 Å². The van der Waals surface area contributed by atoms with Crippen LogP contribution in [0.1, 0.15) is 56.2 Å². The van der Waals surface area contributed by atoms with E-state index in [1.807, 2.05) is 0 Å². The van der Waals surface area contributed by atoms with Crippen molar-refractivity contribution in [3.05, 3.63) is 35.4 Å². The molecule has 0 aliphatic heterocycles.